The fourth-order valence-corrected chi connectivity index (χ4v) is 3.47. The zero-order chi connectivity index (χ0) is 20.0. The molecule has 1 aliphatic rings. The minimum absolute atomic E-state index is 0.0831. The molecule has 0 spiro atoms. The molecule has 2 aromatic heterocycles. The fraction of sp³-hybridized carbons (Fsp3) is 0.636. The van der Waals surface area contributed by atoms with Gasteiger partial charge in [-0.15, -0.1) is 0 Å². The molecule has 1 aliphatic heterocycles. The summed E-state index contributed by atoms with van der Waals surface area (Å²) in [4.78, 5) is 16.3. The van der Waals surface area contributed by atoms with Crippen LogP contribution in [0.1, 0.15) is 65.1 Å². The first-order valence-electron chi connectivity index (χ1n) is 10.5. The summed E-state index contributed by atoms with van der Waals surface area (Å²) in [5, 5.41) is 0.871. The van der Waals surface area contributed by atoms with Gasteiger partial charge in [0.05, 0.1) is 12.0 Å². The van der Waals surface area contributed by atoms with Crippen LogP contribution >= 0.6 is 0 Å². The molecular formula is C22H32N2O4. The van der Waals surface area contributed by atoms with Gasteiger partial charge in [0, 0.05) is 19.2 Å². The van der Waals surface area contributed by atoms with E-state index < -0.39 is 5.79 Å². The van der Waals surface area contributed by atoms with E-state index in [1.165, 1.54) is 32.1 Å². The van der Waals surface area contributed by atoms with Crippen LogP contribution in [0.2, 0.25) is 0 Å². The van der Waals surface area contributed by atoms with E-state index in [-0.39, 0.29) is 11.8 Å². The molecule has 1 fully saturated rings. The molecule has 0 radical (unpaired) electrons. The summed E-state index contributed by atoms with van der Waals surface area (Å²) >= 11 is 0. The summed E-state index contributed by atoms with van der Waals surface area (Å²) in [6.45, 7) is 6.99. The summed E-state index contributed by atoms with van der Waals surface area (Å²) in [5.74, 6) is 0.361. The molecule has 0 aromatic carbocycles. The molecule has 0 aliphatic carbocycles. The molecule has 1 unspecified atom stereocenters. The number of furan rings is 1. The summed E-state index contributed by atoms with van der Waals surface area (Å²) in [6.07, 6.45) is 14.0. The van der Waals surface area contributed by atoms with Gasteiger partial charge in [-0.1, -0.05) is 51.2 Å². The van der Waals surface area contributed by atoms with Crippen LogP contribution in [0, 0.1) is 0 Å². The molecule has 154 valence electrons. The molecule has 0 bridgehead atoms. The number of aryl methyl sites for hydroxylation is 1. The van der Waals surface area contributed by atoms with Gasteiger partial charge in [-0.3, -0.25) is 4.57 Å². The Balaban J connectivity index is 1.55. The number of nitrogens with zero attached hydrogens (tertiary/aromatic N) is 2. The number of aromatic nitrogens is 2. The Morgan fingerprint density at radius 3 is 2.79 bits per heavy atom. The summed E-state index contributed by atoms with van der Waals surface area (Å²) in [7, 11) is 0. The molecule has 2 aromatic rings. The van der Waals surface area contributed by atoms with Crippen molar-refractivity contribution in [2.45, 2.75) is 84.2 Å². The monoisotopic (exact) mass is 388 g/mol. The quantitative estimate of drug-likeness (QED) is 0.439. The first-order chi connectivity index (χ1) is 13.5. The molecular weight excluding hydrogens is 356 g/mol. The summed E-state index contributed by atoms with van der Waals surface area (Å²) in [5.41, 5.74) is 0.127. The topological polar surface area (TPSA) is 66.5 Å². The number of ether oxygens (including phenoxy) is 2. The second-order valence-electron chi connectivity index (χ2n) is 7.96. The van der Waals surface area contributed by atoms with E-state index in [1.807, 2.05) is 38.3 Å². The average molecular weight is 389 g/mol. The first kappa shape index (κ1) is 20.8. The molecule has 0 N–H and O–H groups in total. The third-order valence-corrected chi connectivity index (χ3v) is 4.99. The SMILES string of the molecule is CCCCCCCCc1cc2cn(C/C=C/C3COC(C)(C)O3)c(=O)nc2o1. The van der Waals surface area contributed by atoms with E-state index in [0.29, 0.717) is 18.9 Å². The van der Waals surface area contributed by atoms with Crippen molar-refractivity contribution in [3.05, 3.63) is 40.7 Å². The lowest BCUT2D eigenvalue weighted by Gasteiger charge is -2.15. The Morgan fingerprint density at radius 2 is 2.04 bits per heavy atom. The van der Waals surface area contributed by atoms with E-state index in [4.69, 9.17) is 13.9 Å². The van der Waals surface area contributed by atoms with Gasteiger partial charge in [0.25, 0.3) is 0 Å². The van der Waals surface area contributed by atoms with Crippen molar-refractivity contribution in [1.29, 1.82) is 0 Å². The number of allylic oxidation sites excluding steroid dienone is 1. The largest absolute Gasteiger partial charge is 0.443 e. The van der Waals surface area contributed by atoms with Crippen LogP contribution in [0.25, 0.3) is 11.1 Å². The van der Waals surface area contributed by atoms with Gasteiger partial charge >= 0.3 is 5.69 Å². The number of rotatable bonds is 10. The Labute approximate surface area is 166 Å². The predicted octanol–water partition coefficient (Wildman–Crippen LogP) is 4.60. The third-order valence-electron chi connectivity index (χ3n) is 4.99. The second-order valence-corrected chi connectivity index (χ2v) is 7.96. The van der Waals surface area contributed by atoms with E-state index >= 15 is 0 Å². The lowest BCUT2D eigenvalue weighted by atomic mass is 10.1. The van der Waals surface area contributed by atoms with Crippen molar-refractivity contribution in [3.8, 4) is 0 Å². The smallest absolute Gasteiger partial charge is 0.351 e. The van der Waals surface area contributed by atoms with Crippen LogP contribution in [0.4, 0.5) is 0 Å². The maximum absolute atomic E-state index is 12.2. The number of hydrogen-bond donors (Lipinski definition) is 0. The van der Waals surface area contributed by atoms with E-state index in [9.17, 15) is 4.79 Å². The third kappa shape index (κ3) is 5.79. The van der Waals surface area contributed by atoms with Crippen LogP contribution in [0.5, 0.6) is 0 Å². The average Bonchev–Trinajstić information content (AvgIpc) is 3.20. The standard InChI is InChI=1S/C22H32N2O4/c1-4-5-6-7-8-9-11-18-14-17-15-24(21(25)23-20(17)27-18)13-10-12-19-16-26-22(2,3)28-19/h10,12,14-15,19H,4-9,11,13,16H2,1-3H3/b12-10+. The highest BCUT2D eigenvalue weighted by Crippen LogP contribution is 2.23. The van der Waals surface area contributed by atoms with Crippen molar-refractivity contribution < 1.29 is 13.9 Å². The Kier molecular flexibility index (Phi) is 7.08. The lowest BCUT2D eigenvalue weighted by molar-refractivity contribution is -0.133. The van der Waals surface area contributed by atoms with Crippen molar-refractivity contribution in [1.82, 2.24) is 9.55 Å². The fourth-order valence-electron chi connectivity index (χ4n) is 3.47. The van der Waals surface area contributed by atoms with Gasteiger partial charge in [-0.25, -0.2) is 4.79 Å². The Morgan fingerprint density at radius 1 is 1.25 bits per heavy atom. The van der Waals surface area contributed by atoms with Crippen LogP contribution in [-0.4, -0.2) is 28.0 Å². The van der Waals surface area contributed by atoms with Crippen LogP contribution in [-0.2, 0) is 22.4 Å². The van der Waals surface area contributed by atoms with Gasteiger partial charge in [0.15, 0.2) is 5.79 Å². The van der Waals surface area contributed by atoms with Crippen molar-refractivity contribution >= 4 is 11.1 Å². The zero-order valence-corrected chi connectivity index (χ0v) is 17.3. The Bertz CT molecular complexity index is 850. The van der Waals surface area contributed by atoms with Gasteiger partial charge in [-0.05, 0) is 26.3 Å². The Hall–Kier alpha value is -1.92. The van der Waals surface area contributed by atoms with Crippen LogP contribution in [0.3, 0.4) is 0 Å². The molecule has 3 heterocycles. The van der Waals surface area contributed by atoms with Crippen molar-refractivity contribution in [2.24, 2.45) is 0 Å². The minimum Gasteiger partial charge on any atom is -0.443 e. The number of unbranched alkanes of at least 4 members (excludes halogenated alkanes) is 5. The molecule has 28 heavy (non-hydrogen) atoms. The molecule has 6 nitrogen and oxygen atoms in total. The lowest BCUT2D eigenvalue weighted by Crippen LogP contribution is -2.22. The van der Waals surface area contributed by atoms with Crippen molar-refractivity contribution in [3.63, 3.8) is 0 Å². The van der Waals surface area contributed by atoms with E-state index in [2.05, 4.69) is 11.9 Å². The highest BCUT2D eigenvalue weighted by molar-refractivity contribution is 5.72. The van der Waals surface area contributed by atoms with Gasteiger partial charge in [0.1, 0.15) is 11.9 Å². The molecule has 0 saturated carbocycles. The maximum Gasteiger partial charge on any atom is 0.351 e. The molecule has 6 heteroatoms. The zero-order valence-electron chi connectivity index (χ0n) is 17.3. The second kappa shape index (κ2) is 9.52. The molecule has 3 rings (SSSR count). The normalized spacial score (nSPS) is 19.2. The maximum atomic E-state index is 12.2. The number of fused-ring (bicyclic) bond motifs is 1. The van der Waals surface area contributed by atoms with Gasteiger partial charge < -0.3 is 13.9 Å². The van der Waals surface area contributed by atoms with Gasteiger partial charge in [0.2, 0.25) is 5.71 Å². The van der Waals surface area contributed by atoms with Crippen molar-refractivity contribution in [2.75, 3.05) is 6.61 Å². The molecule has 1 atom stereocenters. The highest BCUT2D eigenvalue weighted by atomic mass is 16.7. The van der Waals surface area contributed by atoms with Crippen LogP contribution < -0.4 is 5.69 Å². The predicted molar refractivity (Wildman–Crippen MR) is 109 cm³/mol. The first-order valence-corrected chi connectivity index (χ1v) is 10.5. The number of hydrogen-bond acceptors (Lipinski definition) is 5. The van der Waals surface area contributed by atoms with Gasteiger partial charge in [-0.2, -0.15) is 4.98 Å². The molecule has 1 saturated heterocycles. The van der Waals surface area contributed by atoms with Crippen LogP contribution in [0.15, 0.2) is 33.6 Å². The molecule has 0 amide bonds. The summed E-state index contributed by atoms with van der Waals surface area (Å²) in [6, 6.07) is 2.00. The summed E-state index contributed by atoms with van der Waals surface area (Å²) < 4.78 is 18.6. The van der Waals surface area contributed by atoms with E-state index in [0.717, 1.165) is 24.0 Å². The highest BCUT2D eigenvalue weighted by Gasteiger charge is 2.30. The minimum atomic E-state index is -0.546. The van der Waals surface area contributed by atoms with E-state index in [1.54, 1.807) is 4.57 Å².